The van der Waals surface area contributed by atoms with Crippen LogP contribution in [0, 0.1) is 0 Å². The number of hydrogen-bond acceptors (Lipinski definition) is 4. The van der Waals surface area contributed by atoms with Crippen LogP contribution in [0.2, 0.25) is 0 Å². The number of carbonyl (C=O) groups is 2. The van der Waals surface area contributed by atoms with Gasteiger partial charge in [0.05, 0.1) is 6.26 Å². The largest absolute Gasteiger partial charge is 0.459 e. The van der Waals surface area contributed by atoms with Crippen LogP contribution in [-0.2, 0) is 6.54 Å². The molecule has 0 bridgehead atoms. The van der Waals surface area contributed by atoms with Crippen molar-refractivity contribution in [2.45, 2.75) is 46.3 Å². The number of anilines is 2. The molecule has 2 aromatic rings. The number of nitrogens with one attached hydrogen (secondary N) is 2. The lowest BCUT2D eigenvalue weighted by Gasteiger charge is -2.30. The van der Waals surface area contributed by atoms with Crippen LogP contribution in [0.15, 0.2) is 41.0 Å². The first-order chi connectivity index (χ1) is 13.2. The molecule has 0 fully saturated rings. The van der Waals surface area contributed by atoms with Gasteiger partial charge in [-0.25, -0.2) is 4.79 Å². The van der Waals surface area contributed by atoms with Crippen molar-refractivity contribution in [2.24, 2.45) is 0 Å². The monoisotopic (exact) mass is 386 g/mol. The van der Waals surface area contributed by atoms with E-state index >= 15 is 0 Å². The van der Waals surface area contributed by atoms with E-state index in [1.807, 2.05) is 64.9 Å². The van der Waals surface area contributed by atoms with Crippen molar-refractivity contribution in [3.05, 3.63) is 47.9 Å². The Balaban J connectivity index is 2.29. The molecule has 7 nitrogen and oxygen atoms in total. The Morgan fingerprint density at radius 2 is 1.82 bits per heavy atom. The number of urea groups is 1. The average molecular weight is 386 g/mol. The minimum Gasteiger partial charge on any atom is -0.459 e. The number of rotatable bonds is 7. The molecule has 0 aliphatic rings. The fraction of sp³-hybridized carbons (Fsp3) is 0.429. The topological polar surface area (TPSA) is 77.8 Å². The van der Waals surface area contributed by atoms with Gasteiger partial charge >= 0.3 is 6.03 Å². The molecule has 0 atom stereocenters. The standard InChI is InChI=1S/C21H30N4O3/c1-14(2)22-21(27)25(15(3)4)13-16-12-17(9-10-18(16)24(5)6)23-20(26)19-8-7-11-28-19/h7-12,14-15H,13H2,1-6H3,(H,22,27)(H,23,26). The predicted molar refractivity (Wildman–Crippen MR) is 112 cm³/mol. The SMILES string of the molecule is CC(C)NC(=O)N(Cc1cc(NC(=O)c2ccco2)ccc1N(C)C)C(C)C. The first-order valence-corrected chi connectivity index (χ1v) is 9.41. The van der Waals surface area contributed by atoms with Crippen LogP contribution in [0.1, 0.15) is 43.8 Å². The Bertz CT molecular complexity index is 798. The van der Waals surface area contributed by atoms with Crippen LogP contribution in [0.4, 0.5) is 16.2 Å². The van der Waals surface area contributed by atoms with Gasteiger partial charge in [0.1, 0.15) is 0 Å². The van der Waals surface area contributed by atoms with Crippen LogP contribution in [0.25, 0.3) is 0 Å². The smallest absolute Gasteiger partial charge is 0.318 e. The molecule has 1 heterocycles. The summed E-state index contributed by atoms with van der Waals surface area (Å²) >= 11 is 0. The molecule has 152 valence electrons. The quantitative estimate of drug-likeness (QED) is 0.756. The summed E-state index contributed by atoms with van der Waals surface area (Å²) < 4.78 is 5.14. The molecule has 7 heteroatoms. The molecular weight excluding hydrogens is 356 g/mol. The third kappa shape index (κ3) is 5.52. The number of carbonyl (C=O) groups excluding carboxylic acids is 2. The van der Waals surface area contributed by atoms with E-state index in [0.29, 0.717) is 12.2 Å². The summed E-state index contributed by atoms with van der Waals surface area (Å²) in [4.78, 5) is 28.7. The minimum atomic E-state index is -0.313. The van der Waals surface area contributed by atoms with Gasteiger partial charge in [0.2, 0.25) is 0 Å². The zero-order chi connectivity index (χ0) is 20.8. The number of amides is 3. The molecule has 0 saturated heterocycles. The molecule has 0 aliphatic heterocycles. The highest BCUT2D eigenvalue weighted by Crippen LogP contribution is 2.25. The van der Waals surface area contributed by atoms with Crippen molar-refractivity contribution in [3.63, 3.8) is 0 Å². The first kappa shape index (κ1) is 21.3. The van der Waals surface area contributed by atoms with Crippen molar-refractivity contribution in [1.82, 2.24) is 10.2 Å². The second-order valence-electron chi connectivity index (χ2n) is 7.50. The molecular formula is C21H30N4O3. The Hall–Kier alpha value is -2.96. The number of benzene rings is 1. The molecule has 2 rings (SSSR count). The van der Waals surface area contributed by atoms with Crippen LogP contribution in [0.5, 0.6) is 0 Å². The maximum atomic E-state index is 12.6. The summed E-state index contributed by atoms with van der Waals surface area (Å²) in [6, 6.07) is 8.92. The van der Waals surface area contributed by atoms with Crippen LogP contribution >= 0.6 is 0 Å². The molecule has 0 spiro atoms. The summed E-state index contributed by atoms with van der Waals surface area (Å²) in [5.41, 5.74) is 2.57. The van der Waals surface area contributed by atoms with Crippen molar-refractivity contribution < 1.29 is 14.0 Å². The van der Waals surface area contributed by atoms with Gasteiger partial charge in [0.25, 0.3) is 5.91 Å². The third-order valence-electron chi connectivity index (χ3n) is 4.20. The maximum Gasteiger partial charge on any atom is 0.318 e. The van der Waals surface area contributed by atoms with Gasteiger partial charge in [-0.1, -0.05) is 0 Å². The summed E-state index contributed by atoms with van der Waals surface area (Å²) in [5, 5.41) is 5.79. The molecule has 1 aromatic heterocycles. The van der Waals surface area contributed by atoms with E-state index in [1.165, 1.54) is 6.26 Å². The van der Waals surface area contributed by atoms with Crippen molar-refractivity contribution >= 4 is 23.3 Å². The lowest BCUT2D eigenvalue weighted by atomic mass is 10.1. The number of hydrogen-bond donors (Lipinski definition) is 2. The van der Waals surface area contributed by atoms with E-state index < -0.39 is 0 Å². The lowest BCUT2D eigenvalue weighted by molar-refractivity contribution is 0.0996. The summed E-state index contributed by atoms with van der Waals surface area (Å²) in [5.74, 6) is -0.0647. The van der Waals surface area contributed by atoms with Gasteiger partial charge in [0.15, 0.2) is 5.76 Å². The van der Waals surface area contributed by atoms with E-state index in [1.54, 1.807) is 17.0 Å². The number of nitrogens with zero attached hydrogens (tertiary/aromatic N) is 2. The maximum absolute atomic E-state index is 12.6. The molecule has 0 unspecified atom stereocenters. The molecule has 28 heavy (non-hydrogen) atoms. The Kier molecular flexibility index (Phi) is 7.09. The van der Waals surface area contributed by atoms with Crippen molar-refractivity contribution in [3.8, 4) is 0 Å². The van der Waals surface area contributed by atoms with Crippen molar-refractivity contribution in [1.29, 1.82) is 0 Å². The molecule has 2 N–H and O–H groups in total. The van der Waals surface area contributed by atoms with E-state index in [2.05, 4.69) is 10.6 Å². The zero-order valence-electron chi connectivity index (χ0n) is 17.4. The normalized spacial score (nSPS) is 10.9. The number of furan rings is 1. The van der Waals surface area contributed by atoms with Crippen LogP contribution < -0.4 is 15.5 Å². The van der Waals surface area contributed by atoms with Gasteiger partial charge in [-0.3, -0.25) is 4.79 Å². The van der Waals surface area contributed by atoms with Gasteiger partial charge in [-0.2, -0.15) is 0 Å². The first-order valence-electron chi connectivity index (χ1n) is 9.41. The van der Waals surface area contributed by atoms with E-state index in [9.17, 15) is 9.59 Å². The molecule has 0 aliphatic carbocycles. The van der Waals surface area contributed by atoms with E-state index in [-0.39, 0.29) is 29.8 Å². The highest BCUT2D eigenvalue weighted by atomic mass is 16.3. The van der Waals surface area contributed by atoms with Gasteiger partial charge < -0.3 is 24.9 Å². The van der Waals surface area contributed by atoms with Crippen molar-refractivity contribution in [2.75, 3.05) is 24.3 Å². The predicted octanol–water partition coefficient (Wildman–Crippen LogP) is 3.93. The minimum absolute atomic E-state index is 0.0233. The van der Waals surface area contributed by atoms with E-state index in [4.69, 9.17) is 4.42 Å². The van der Waals surface area contributed by atoms with E-state index in [0.717, 1.165) is 11.3 Å². The Morgan fingerprint density at radius 3 is 2.36 bits per heavy atom. The van der Waals surface area contributed by atoms with Gasteiger partial charge in [-0.05, 0) is 63.6 Å². The Labute approximate surface area is 166 Å². The molecule has 3 amide bonds. The Morgan fingerprint density at radius 1 is 1.11 bits per heavy atom. The highest BCUT2D eigenvalue weighted by Gasteiger charge is 2.20. The lowest BCUT2D eigenvalue weighted by Crippen LogP contribution is -2.45. The summed E-state index contributed by atoms with van der Waals surface area (Å²) in [6.45, 7) is 8.27. The summed E-state index contributed by atoms with van der Waals surface area (Å²) in [6.07, 6.45) is 1.46. The second kappa shape index (κ2) is 9.30. The van der Waals surface area contributed by atoms with Gasteiger partial charge in [0, 0.05) is 44.1 Å². The second-order valence-corrected chi connectivity index (χ2v) is 7.50. The van der Waals surface area contributed by atoms with Crippen LogP contribution in [0.3, 0.4) is 0 Å². The zero-order valence-corrected chi connectivity index (χ0v) is 17.4. The average Bonchev–Trinajstić information content (AvgIpc) is 3.13. The highest BCUT2D eigenvalue weighted by molar-refractivity contribution is 6.02. The summed E-state index contributed by atoms with van der Waals surface area (Å²) in [7, 11) is 3.90. The molecule has 0 saturated carbocycles. The fourth-order valence-corrected chi connectivity index (χ4v) is 2.83. The van der Waals surface area contributed by atoms with Gasteiger partial charge in [-0.15, -0.1) is 0 Å². The molecule has 1 aromatic carbocycles. The third-order valence-corrected chi connectivity index (χ3v) is 4.20. The van der Waals surface area contributed by atoms with Crippen LogP contribution in [-0.4, -0.2) is 43.0 Å². The fourth-order valence-electron chi connectivity index (χ4n) is 2.83. The molecule has 0 radical (unpaired) electrons.